The first kappa shape index (κ1) is 17.2. The number of amides is 1. The third-order valence-corrected chi connectivity index (χ3v) is 3.77. The molecule has 26 heavy (non-hydrogen) atoms. The maximum atomic E-state index is 12.2. The molecule has 0 spiro atoms. The van der Waals surface area contributed by atoms with Crippen LogP contribution in [-0.4, -0.2) is 28.3 Å². The molecule has 0 radical (unpaired) electrons. The van der Waals surface area contributed by atoms with E-state index in [1.165, 1.54) is 6.21 Å². The number of benzene rings is 2. The van der Waals surface area contributed by atoms with Crippen LogP contribution in [0, 0.1) is 19.3 Å². The van der Waals surface area contributed by atoms with Gasteiger partial charge in [-0.05, 0) is 31.2 Å². The van der Waals surface area contributed by atoms with Gasteiger partial charge in [-0.3, -0.25) is 4.79 Å². The fourth-order valence-corrected chi connectivity index (χ4v) is 2.59. The summed E-state index contributed by atoms with van der Waals surface area (Å²) in [6.45, 7) is 2.18. The Balaban J connectivity index is 1.67. The number of hydrazone groups is 1. The van der Waals surface area contributed by atoms with Crippen LogP contribution in [0.3, 0.4) is 0 Å². The summed E-state index contributed by atoms with van der Waals surface area (Å²) in [7, 11) is 0. The summed E-state index contributed by atoms with van der Waals surface area (Å²) >= 11 is 0. The minimum atomic E-state index is -0.241. The molecule has 2 aromatic carbocycles. The van der Waals surface area contributed by atoms with E-state index in [0.29, 0.717) is 5.75 Å². The number of hydrogen-bond acceptors (Lipinski definition) is 4. The van der Waals surface area contributed by atoms with E-state index in [0.717, 1.165) is 22.4 Å². The summed E-state index contributed by atoms with van der Waals surface area (Å²) in [5, 5.41) is 4.01. The number of ether oxygens (including phenoxy) is 1. The SMILES string of the molecule is C#CCOc1ccccc1/C=N\NC(=O)Cn1c(C)nc2ccccc21. The Kier molecular flexibility index (Phi) is 5.30. The molecule has 0 aliphatic carbocycles. The number of fused-ring (bicyclic) bond motifs is 1. The molecule has 1 amide bonds. The lowest BCUT2D eigenvalue weighted by Crippen LogP contribution is -2.23. The van der Waals surface area contributed by atoms with Crippen molar-refractivity contribution in [3.63, 3.8) is 0 Å². The average molecular weight is 346 g/mol. The van der Waals surface area contributed by atoms with E-state index < -0.39 is 0 Å². The van der Waals surface area contributed by atoms with E-state index in [1.54, 1.807) is 6.07 Å². The number of carbonyl (C=O) groups excluding carboxylic acids is 1. The molecule has 6 nitrogen and oxygen atoms in total. The van der Waals surface area contributed by atoms with Crippen LogP contribution in [-0.2, 0) is 11.3 Å². The Morgan fingerprint density at radius 3 is 2.92 bits per heavy atom. The Labute approximate surface area is 151 Å². The zero-order chi connectivity index (χ0) is 18.4. The van der Waals surface area contributed by atoms with E-state index >= 15 is 0 Å². The van der Waals surface area contributed by atoms with Gasteiger partial charge >= 0.3 is 0 Å². The van der Waals surface area contributed by atoms with Crippen LogP contribution in [0.25, 0.3) is 11.0 Å². The van der Waals surface area contributed by atoms with Gasteiger partial charge < -0.3 is 9.30 Å². The molecule has 6 heteroatoms. The zero-order valence-corrected chi connectivity index (χ0v) is 14.3. The van der Waals surface area contributed by atoms with Gasteiger partial charge in [0.1, 0.15) is 24.7 Å². The lowest BCUT2D eigenvalue weighted by atomic mass is 10.2. The van der Waals surface area contributed by atoms with Crippen molar-refractivity contribution in [2.24, 2.45) is 5.10 Å². The summed E-state index contributed by atoms with van der Waals surface area (Å²) in [5.74, 6) is 3.56. The highest BCUT2D eigenvalue weighted by Crippen LogP contribution is 2.16. The number of aryl methyl sites for hydroxylation is 1. The molecule has 1 aromatic heterocycles. The van der Waals surface area contributed by atoms with E-state index in [1.807, 2.05) is 54.0 Å². The van der Waals surface area contributed by atoms with Crippen molar-refractivity contribution in [2.45, 2.75) is 13.5 Å². The topological polar surface area (TPSA) is 68.5 Å². The standard InChI is InChI=1S/C20H18N4O2/c1-3-12-26-19-11-7-4-8-16(19)13-21-23-20(25)14-24-15(2)22-17-9-5-6-10-18(17)24/h1,4-11,13H,12,14H2,2H3,(H,23,25)/b21-13-. The molecule has 130 valence electrons. The fraction of sp³-hybridized carbons (Fsp3) is 0.150. The fourth-order valence-electron chi connectivity index (χ4n) is 2.59. The van der Waals surface area contributed by atoms with Crippen LogP contribution in [0.2, 0.25) is 0 Å². The number of imidazole rings is 1. The van der Waals surface area contributed by atoms with Gasteiger partial charge in [0.05, 0.1) is 17.2 Å². The summed E-state index contributed by atoms with van der Waals surface area (Å²) in [6.07, 6.45) is 6.74. The summed E-state index contributed by atoms with van der Waals surface area (Å²) in [5.41, 5.74) is 5.04. The minimum Gasteiger partial charge on any atom is -0.480 e. The summed E-state index contributed by atoms with van der Waals surface area (Å²) in [6, 6.07) is 15.0. The maximum Gasteiger partial charge on any atom is 0.260 e. The molecule has 3 aromatic rings. The van der Waals surface area contributed by atoms with Crippen molar-refractivity contribution in [2.75, 3.05) is 6.61 Å². The molecule has 1 heterocycles. The Morgan fingerprint density at radius 1 is 1.31 bits per heavy atom. The predicted octanol–water partition coefficient (Wildman–Crippen LogP) is 2.51. The summed E-state index contributed by atoms with van der Waals surface area (Å²) in [4.78, 5) is 16.7. The molecule has 0 aliphatic heterocycles. The van der Waals surface area contributed by atoms with Crippen molar-refractivity contribution in [3.05, 3.63) is 59.9 Å². The number of nitrogens with zero attached hydrogens (tertiary/aromatic N) is 3. The first-order chi connectivity index (χ1) is 12.7. The smallest absolute Gasteiger partial charge is 0.260 e. The second kappa shape index (κ2) is 7.99. The van der Waals surface area contributed by atoms with Gasteiger partial charge in [0.15, 0.2) is 0 Å². The van der Waals surface area contributed by atoms with Crippen LogP contribution >= 0.6 is 0 Å². The van der Waals surface area contributed by atoms with Gasteiger partial charge in [-0.15, -0.1) is 6.42 Å². The van der Waals surface area contributed by atoms with Crippen molar-refractivity contribution in [1.82, 2.24) is 15.0 Å². The molecule has 0 fully saturated rings. The zero-order valence-electron chi connectivity index (χ0n) is 14.3. The largest absolute Gasteiger partial charge is 0.480 e. The number of carbonyl (C=O) groups is 1. The monoisotopic (exact) mass is 346 g/mol. The lowest BCUT2D eigenvalue weighted by Gasteiger charge is -2.06. The normalized spacial score (nSPS) is 10.8. The Hall–Kier alpha value is -3.59. The molecular formula is C20H18N4O2. The maximum absolute atomic E-state index is 12.2. The van der Waals surface area contributed by atoms with Gasteiger partial charge in [-0.25, -0.2) is 10.4 Å². The Morgan fingerprint density at radius 2 is 2.08 bits per heavy atom. The molecular weight excluding hydrogens is 328 g/mol. The molecule has 1 N–H and O–H groups in total. The minimum absolute atomic E-state index is 0.138. The number of hydrogen-bond donors (Lipinski definition) is 1. The highest BCUT2D eigenvalue weighted by molar-refractivity contribution is 5.85. The molecule has 3 rings (SSSR count). The quantitative estimate of drug-likeness (QED) is 0.424. The average Bonchev–Trinajstić information content (AvgIpc) is 2.96. The van der Waals surface area contributed by atoms with Gasteiger partial charge in [0.25, 0.3) is 5.91 Å². The lowest BCUT2D eigenvalue weighted by molar-refractivity contribution is -0.121. The second-order valence-corrected chi connectivity index (χ2v) is 5.56. The highest BCUT2D eigenvalue weighted by atomic mass is 16.5. The number of aromatic nitrogens is 2. The Bertz CT molecular complexity index is 998. The number of nitrogens with one attached hydrogen (secondary N) is 1. The molecule has 0 unspecified atom stereocenters. The van der Waals surface area contributed by atoms with E-state index in [9.17, 15) is 4.79 Å². The third kappa shape index (κ3) is 3.90. The van der Waals surface area contributed by atoms with Gasteiger partial charge in [-0.1, -0.05) is 30.2 Å². The van der Waals surface area contributed by atoms with Gasteiger partial charge in [0, 0.05) is 5.56 Å². The summed E-state index contributed by atoms with van der Waals surface area (Å²) < 4.78 is 7.29. The predicted molar refractivity (Wildman–Crippen MR) is 101 cm³/mol. The van der Waals surface area contributed by atoms with Crippen molar-refractivity contribution >= 4 is 23.2 Å². The first-order valence-electron chi connectivity index (χ1n) is 8.08. The number of rotatable bonds is 6. The van der Waals surface area contributed by atoms with E-state index in [2.05, 4.69) is 21.4 Å². The number of para-hydroxylation sites is 3. The molecule has 0 aliphatic rings. The first-order valence-corrected chi connectivity index (χ1v) is 8.08. The second-order valence-electron chi connectivity index (χ2n) is 5.56. The van der Waals surface area contributed by atoms with E-state index in [4.69, 9.17) is 11.2 Å². The third-order valence-electron chi connectivity index (χ3n) is 3.77. The van der Waals surface area contributed by atoms with Crippen LogP contribution in [0.5, 0.6) is 5.75 Å². The van der Waals surface area contributed by atoms with Gasteiger partial charge in [0.2, 0.25) is 0 Å². The van der Waals surface area contributed by atoms with Crippen LogP contribution < -0.4 is 10.2 Å². The highest BCUT2D eigenvalue weighted by Gasteiger charge is 2.10. The van der Waals surface area contributed by atoms with Crippen molar-refractivity contribution in [1.29, 1.82) is 0 Å². The molecule has 0 bridgehead atoms. The van der Waals surface area contributed by atoms with Crippen LogP contribution in [0.15, 0.2) is 53.6 Å². The van der Waals surface area contributed by atoms with Crippen LogP contribution in [0.1, 0.15) is 11.4 Å². The molecule has 0 saturated carbocycles. The molecule has 0 saturated heterocycles. The van der Waals surface area contributed by atoms with Gasteiger partial charge in [-0.2, -0.15) is 5.10 Å². The van der Waals surface area contributed by atoms with E-state index in [-0.39, 0.29) is 19.1 Å². The molecule has 0 atom stereocenters. The number of terminal acetylenes is 1. The van der Waals surface area contributed by atoms with Crippen molar-refractivity contribution < 1.29 is 9.53 Å². The van der Waals surface area contributed by atoms with Crippen LogP contribution in [0.4, 0.5) is 0 Å². The van der Waals surface area contributed by atoms with Crippen molar-refractivity contribution in [3.8, 4) is 18.1 Å².